The number of nitro benzene ring substituents is 1. The molecule has 0 amide bonds. The largest absolute Gasteiger partial charge is 0.419 e. The van der Waals surface area contributed by atoms with Gasteiger partial charge >= 0.3 is 0 Å². The summed E-state index contributed by atoms with van der Waals surface area (Å²) in [6, 6.07) is 5.95. The summed E-state index contributed by atoms with van der Waals surface area (Å²) >= 11 is 1.35. The van der Waals surface area contributed by atoms with Crippen molar-refractivity contribution in [3.8, 4) is 11.5 Å². The van der Waals surface area contributed by atoms with E-state index in [0.717, 1.165) is 12.8 Å². The minimum absolute atomic E-state index is 0.00951. The van der Waals surface area contributed by atoms with Crippen LogP contribution in [0, 0.1) is 10.1 Å². The van der Waals surface area contributed by atoms with E-state index in [0.29, 0.717) is 34.4 Å². The number of thioether (sulfide) groups is 1. The first-order valence-electron chi connectivity index (χ1n) is 7.68. The Hall–Kier alpha value is -2.75. The number of aromatic nitrogens is 4. The number of hydrogen-bond acceptors (Lipinski definition) is 9. The molecule has 0 N–H and O–H groups in total. The predicted molar refractivity (Wildman–Crippen MR) is 86.9 cm³/mol. The molecule has 25 heavy (non-hydrogen) atoms. The van der Waals surface area contributed by atoms with Gasteiger partial charge in [-0.1, -0.05) is 11.8 Å². The number of rotatable bonds is 6. The van der Waals surface area contributed by atoms with Crippen molar-refractivity contribution >= 4 is 17.4 Å². The number of nitro groups is 1. The summed E-state index contributed by atoms with van der Waals surface area (Å²) in [6.45, 7) is 1.90. The normalized spacial score (nSPS) is 15.2. The maximum Gasteiger partial charge on any atom is 0.277 e. The Morgan fingerprint density at radius 2 is 1.92 bits per heavy atom. The molecule has 0 spiro atoms. The molecule has 10 heteroatoms. The zero-order chi connectivity index (χ0) is 17.4. The molecule has 9 nitrogen and oxygen atoms in total. The van der Waals surface area contributed by atoms with E-state index in [2.05, 4.69) is 20.4 Å². The van der Waals surface area contributed by atoms with Crippen molar-refractivity contribution in [2.75, 3.05) is 0 Å². The van der Waals surface area contributed by atoms with Gasteiger partial charge in [-0.3, -0.25) is 10.1 Å². The molecule has 0 aliphatic heterocycles. The lowest BCUT2D eigenvalue weighted by Crippen LogP contribution is -1.88. The monoisotopic (exact) mass is 359 g/mol. The Morgan fingerprint density at radius 1 is 1.16 bits per heavy atom. The van der Waals surface area contributed by atoms with Crippen LogP contribution in [0.15, 0.2) is 38.3 Å². The third kappa shape index (κ3) is 3.38. The first-order valence-corrected chi connectivity index (χ1v) is 8.56. The minimum Gasteiger partial charge on any atom is -0.419 e. The predicted octanol–water partition coefficient (Wildman–Crippen LogP) is 3.76. The van der Waals surface area contributed by atoms with Gasteiger partial charge in [0.25, 0.3) is 10.9 Å². The summed E-state index contributed by atoms with van der Waals surface area (Å²) < 4.78 is 11.3. The van der Waals surface area contributed by atoms with Crippen molar-refractivity contribution in [3.05, 3.63) is 46.2 Å². The van der Waals surface area contributed by atoms with E-state index >= 15 is 0 Å². The third-order valence-electron chi connectivity index (χ3n) is 3.74. The molecular formula is C15H13N5O4S. The molecular weight excluding hydrogens is 346 g/mol. The van der Waals surface area contributed by atoms with Crippen molar-refractivity contribution in [1.82, 2.24) is 20.4 Å². The van der Waals surface area contributed by atoms with E-state index < -0.39 is 4.92 Å². The van der Waals surface area contributed by atoms with Gasteiger partial charge in [0, 0.05) is 23.6 Å². The minimum atomic E-state index is -0.456. The standard InChI is InChI=1S/C15H13N5O4S/c1-8(25-15-19-18-14(24-15)9-2-3-9)12-16-17-13(23-12)10-4-6-11(7-5-10)20(21)22/h4-9H,2-3H2,1H3/t8-/m0/s1. The number of hydrogen-bond donors (Lipinski definition) is 0. The fraction of sp³-hybridized carbons (Fsp3) is 0.333. The molecule has 1 aromatic carbocycles. The van der Waals surface area contributed by atoms with Crippen LogP contribution in [0.3, 0.4) is 0 Å². The van der Waals surface area contributed by atoms with Crippen molar-refractivity contribution in [3.63, 3.8) is 0 Å². The second kappa shape index (κ2) is 6.28. The Labute approximate surface area is 146 Å². The van der Waals surface area contributed by atoms with Crippen LogP contribution < -0.4 is 0 Å². The first-order chi connectivity index (χ1) is 12.1. The van der Waals surface area contributed by atoms with Gasteiger partial charge in [-0.05, 0) is 31.9 Å². The summed E-state index contributed by atoms with van der Waals surface area (Å²) in [5.41, 5.74) is 0.630. The molecule has 2 heterocycles. The number of benzene rings is 1. The van der Waals surface area contributed by atoms with Crippen LogP contribution in [0.4, 0.5) is 5.69 Å². The zero-order valence-corrected chi connectivity index (χ0v) is 14.0. The van der Waals surface area contributed by atoms with Crippen LogP contribution in [0.5, 0.6) is 0 Å². The number of non-ortho nitro benzene ring substituents is 1. The quantitative estimate of drug-likeness (QED) is 0.368. The van der Waals surface area contributed by atoms with Gasteiger partial charge in [-0.15, -0.1) is 20.4 Å². The highest BCUT2D eigenvalue weighted by molar-refractivity contribution is 7.99. The van der Waals surface area contributed by atoms with E-state index in [1.165, 1.54) is 23.9 Å². The molecule has 0 radical (unpaired) electrons. The second-order valence-corrected chi connectivity index (χ2v) is 6.98. The van der Waals surface area contributed by atoms with E-state index in [9.17, 15) is 10.1 Å². The summed E-state index contributed by atoms with van der Waals surface area (Å²) in [5.74, 6) is 1.83. The third-order valence-corrected chi connectivity index (χ3v) is 4.66. The Bertz CT molecular complexity index is 903. The molecule has 0 bridgehead atoms. The molecule has 2 aromatic heterocycles. The molecule has 3 aromatic rings. The van der Waals surface area contributed by atoms with Crippen LogP contribution in [0.25, 0.3) is 11.5 Å². The topological polar surface area (TPSA) is 121 Å². The van der Waals surface area contributed by atoms with E-state index in [1.54, 1.807) is 12.1 Å². The fourth-order valence-electron chi connectivity index (χ4n) is 2.21. The maximum absolute atomic E-state index is 10.7. The summed E-state index contributed by atoms with van der Waals surface area (Å²) in [6.07, 6.45) is 2.20. The van der Waals surface area contributed by atoms with Crippen molar-refractivity contribution in [2.24, 2.45) is 0 Å². The Balaban J connectivity index is 1.46. The van der Waals surface area contributed by atoms with E-state index in [4.69, 9.17) is 8.83 Å². The number of nitrogens with zero attached hydrogens (tertiary/aromatic N) is 5. The van der Waals surface area contributed by atoms with Gasteiger partial charge in [-0.2, -0.15) is 0 Å². The van der Waals surface area contributed by atoms with Crippen LogP contribution in [0.1, 0.15) is 42.7 Å². The molecule has 128 valence electrons. The zero-order valence-electron chi connectivity index (χ0n) is 13.2. The molecule has 1 aliphatic rings. The highest BCUT2D eigenvalue weighted by Gasteiger charge is 2.30. The second-order valence-electron chi connectivity index (χ2n) is 5.69. The lowest BCUT2D eigenvalue weighted by Gasteiger charge is -2.01. The highest BCUT2D eigenvalue weighted by atomic mass is 32.2. The van der Waals surface area contributed by atoms with Crippen LogP contribution >= 0.6 is 11.8 Å². The van der Waals surface area contributed by atoms with Crippen molar-refractivity contribution in [1.29, 1.82) is 0 Å². The van der Waals surface area contributed by atoms with Crippen LogP contribution in [-0.4, -0.2) is 25.3 Å². The summed E-state index contributed by atoms with van der Waals surface area (Å²) in [5, 5.41) is 27.1. The lowest BCUT2D eigenvalue weighted by atomic mass is 10.2. The molecule has 1 atom stereocenters. The molecule has 1 fully saturated rings. The van der Waals surface area contributed by atoms with E-state index in [1.807, 2.05) is 6.92 Å². The van der Waals surface area contributed by atoms with Gasteiger partial charge in [-0.25, -0.2) is 0 Å². The molecule has 0 unspecified atom stereocenters. The molecule has 0 saturated heterocycles. The summed E-state index contributed by atoms with van der Waals surface area (Å²) in [7, 11) is 0. The van der Waals surface area contributed by atoms with Gasteiger partial charge in [0.2, 0.25) is 17.7 Å². The summed E-state index contributed by atoms with van der Waals surface area (Å²) in [4.78, 5) is 10.2. The fourth-order valence-corrected chi connectivity index (χ4v) is 2.93. The average Bonchev–Trinajstić information content (AvgIpc) is 3.16. The molecule has 1 aliphatic carbocycles. The van der Waals surface area contributed by atoms with Crippen molar-refractivity contribution in [2.45, 2.75) is 36.2 Å². The smallest absolute Gasteiger partial charge is 0.277 e. The average molecular weight is 359 g/mol. The Kier molecular flexibility index (Phi) is 3.96. The van der Waals surface area contributed by atoms with Crippen molar-refractivity contribution < 1.29 is 13.8 Å². The van der Waals surface area contributed by atoms with Gasteiger partial charge < -0.3 is 8.83 Å². The lowest BCUT2D eigenvalue weighted by molar-refractivity contribution is -0.384. The highest BCUT2D eigenvalue weighted by Crippen LogP contribution is 2.41. The van der Waals surface area contributed by atoms with Crippen LogP contribution in [0.2, 0.25) is 0 Å². The van der Waals surface area contributed by atoms with Gasteiger partial charge in [0.15, 0.2) is 0 Å². The van der Waals surface area contributed by atoms with Crippen LogP contribution in [-0.2, 0) is 0 Å². The molecule has 4 rings (SSSR count). The molecule has 1 saturated carbocycles. The first kappa shape index (κ1) is 15.8. The SMILES string of the molecule is C[C@H](Sc1nnc(C2CC2)o1)c1nnc(-c2ccc([N+](=O)[O-])cc2)o1. The van der Waals surface area contributed by atoms with E-state index in [-0.39, 0.29) is 10.9 Å². The maximum atomic E-state index is 10.7. The van der Waals surface area contributed by atoms with Gasteiger partial charge in [0.05, 0.1) is 10.2 Å². The Morgan fingerprint density at radius 3 is 2.60 bits per heavy atom. The van der Waals surface area contributed by atoms with Gasteiger partial charge in [0.1, 0.15) is 0 Å².